The largest absolute Gasteiger partial charge is 0.314 e. The molecule has 2 fully saturated rings. The number of rotatable bonds is 3. The molecule has 3 rings (SSSR count). The van der Waals surface area contributed by atoms with Gasteiger partial charge in [-0.2, -0.15) is 0 Å². The minimum Gasteiger partial charge on any atom is -0.314 e. The molecule has 0 radical (unpaired) electrons. The highest BCUT2D eigenvalue weighted by molar-refractivity contribution is 5.28. The van der Waals surface area contributed by atoms with E-state index >= 15 is 0 Å². The second-order valence-corrected chi connectivity index (χ2v) is 6.81. The summed E-state index contributed by atoms with van der Waals surface area (Å²) in [7, 11) is 0. The first kappa shape index (κ1) is 14.1. The minimum absolute atomic E-state index is 0.818. The highest BCUT2D eigenvalue weighted by Gasteiger charge is 2.28. The van der Waals surface area contributed by atoms with Gasteiger partial charge in [0.1, 0.15) is 0 Å². The molecule has 1 N–H and O–H groups in total. The Bertz CT molecular complexity index is 420. The van der Waals surface area contributed by atoms with Gasteiger partial charge in [-0.05, 0) is 70.6 Å². The Labute approximate surface area is 123 Å². The number of likely N-dealkylation sites (tertiary alicyclic amines) is 1. The van der Waals surface area contributed by atoms with Crippen LogP contribution in [0, 0.1) is 19.8 Å². The molecular formula is C18H28N2. The van der Waals surface area contributed by atoms with Crippen molar-refractivity contribution in [2.45, 2.75) is 52.1 Å². The van der Waals surface area contributed by atoms with Gasteiger partial charge in [0.25, 0.3) is 0 Å². The molecule has 1 aromatic carbocycles. The Morgan fingerprint density at radius 2 is 1.75 bits per heavy atom. The third kappa shape index (κ3) is 3.42. The molecule has 0 aliphatic carbocycles. The fraction of sp³-hybridized carbons (Fsp3) is 0.667. The Kier molecular flexibility index (Phi) is 4.42. The first-order chi connectivity index (χ1) is 9.70. The molecule has 0 spiro atoms. The summed E-state index contributed by atoms with van der Waals surface area (Å²) in [5.74, 6) is 0.924. The number of piperidine rings is 1. The maximum atomic E-state index is 3.69. The van der Waals surface area contributed by atoms with E-state index < -0.39 is 0 Å². The van der Waals surface area contributed by atoms with Gasteiger partial charge in [-0.3, -0.25) is 4.90 Å². The molecule has 0 saturated carbocycles. The molecule has 1 unspecified atom stereocenters. The molecule has 0 bridgehead atoms. The van der Waals surface area contributed by atoms with Crippen LogP contribution in [0.3, 0.4) is 0 Å². The van der Waals surface area contributed by atoms with Crippen molar-refractivity contribution in [3.63, 3.8) is 0 Å². The second-order valence-electron chi connectivity index (χ2n) is 6.81. The number of aryl methyl sites for hydroxylation is 2. The van der Waals surface area contributed by atoms with Gasteiger partial charge in [-0.15, -0.1) is 0 Å². The van der Waals surface area contributed by atoms with Crippen LogP contribution in [0.4, 0.5) is 0 Å². The molecule has 2 nitrogen and oxygen atoms in total. The van der Waals surface area contributed by atoms with E-state index in [-0.39, 0.29) is 0 Å². The summed E-state index contributed by atoms with van der Waals surface area (Å²) in [6, 6.07) is 7.77. The fourth-order valence-electron chi connectivity index (χ4n) is 4.05. The van der Waals surface area contributed by atoms with Crippen molar-refractivity contribution in [1.82, 2.24) is 10.2 Å². The first-order valence-electron chi connectivity index (χ1n) is 8.23. The minimum atomic E-state index is 0.818. The van der Waals surface area contributed by atoms with E-state index in [0.717, 1.165) is 18.5 Å². The monoisotopic (exact) mass is 272 g/mol. The average Bonchev–Trinajstić information content (AvgIpc) is 2.92. The Morgan fingerprint density at radius 1 is 1.05 bits per heavy atom. The molecule has 2 heteroatoms. The maximum absolute atomic E-state index is 3.69. The van der Waals surface area contributed by atoms with Gasteiger partial charge >= 0.3 is 0 Å². The normalized spacial score (nSPS) is 25.2. The Hall–Kier alpha value is -0.860. The molecule has 1 atom stereocenters. The van der Waals surface area contributed by atoms with Crippen molar-refractivity contribution in [3.8, 4) is 0 Å². The molecule has 2 heterocycles. The molecule has 0 amide bonds. The lowest BCUT2D eigenvalue weighted by molar-refractivity contribution is 0.157. The van der Waals surface area contributed by atoms with Crippen LogP contribution in [0.1, 0.15) is 42.4 Å². The van der Waals surface area contributed by atoms with Gasteiger partial charge < -0.3 is 5.32 Å². The maximum Gasteiger partial charge on any atom is 0.0233 e. The van der Waals surface area contributed by atoms with Gasteiger partial charge in [0.05, 0.1) is 0 Å². The van der Waals surface area contributed by atoms with E-state index in [2.05, 4.69) is 42.3 Å². The van der Waals surface area contributed by atoms with Crippen molar-refractivity contribution in [2.24, 2.45) is 5.92 Å². The van der Waals surface area contributed by atoms with Crippen LogP contribution < -0.4 is 5.32 Å². The van der Waals surface area contributed by atoms with Crippen LogP contribution in [-0.2, 0) is 6.54 Å². The molecular weight excluding hydrogens is 244 g/mol. The molecule has 2 aliphatic rings. The summed E-state index contributed by atoms with van der Waals surface area (Å²) >= 11 is 0. The smallest absolute Gasteiger partial charge is 0.0233 e. The zero-order chi connectivity index (χ0) is 13.9. The second kappa shape index (κ2) is 6.28. The first-order valence-corrected chi connectivity index (χ1v) is 8.23. The van der Waals surface area contributed by atoms with Gasteiger partial charge in [0, 0.05) is 12.6 Å². The Balaban J connectivity index is 1.53. The SMILES string of the molecule is Cc1cc(C)cc(CN2CCC(C3CCCN3)CC2)c1. The summed E-state index contributed by atoms with van der Waals surface area (Å²) in [6.07, 6.45) is 5.54. The van der Waals surface area contributed by atoms with Crippen LogP contribution in [0.5, 0.6) is 0 Å². The van der Waals surface area contributed by atoms with Crippen molar-refractivity contribution < 1.29 is 0 Å². The number of nitrogens with one attached hydrogen (secondary N) is 1. The molecule has 1 aromatic rings. The van der Waals surface area contributed by atoms with E-state index in [4.69, 9.17) is 0 Å². The predicted octanol–water partition coefficient (Wildman–Crippen LogP) is 3.27. The molecule has 2 saturated heterocycles. The van der Waals surface area contributed by atoms with Crippen molar-refractivity contribution in [2.75, 3.05) is 19.6 Å². The zero-order valence-electron chi connectivity index (χ0n) is 13.0. The lowest BCUT2D eigenvalue weighted by Gasteiger charge is -2.35. The zero-order valence-corrected chi connectivity index (χ0v) is 13.0. The van der Waals surface area contributed by atoms with E-state index in [1.807, 2.05) is 0 Å². The van der Waals surface area contributed by atoms with Crippen molar-refractivity contribution in [1.29, 1.82) is 0 Å². The number of nitrogens with zero attached hydrogens (tertiary/aromatic N) is 1. The molecule has 0 aromatic heterocycles. The lowest BCUT2D eigenvalue weighted by atomic mass is 9.88. The highest BCUT2D eigenvalue weighted by atomic mass is 15.1. The summed E-state index contributed by atoms with van der Waals surface area (Å²) in [5.41, 5.74) is 4.27. The third-order valence-electron chi connectivity index (χ3n) is 4.99. The summed E-state index contributed by atoms with van der Waals surface area (Å²) in [5, 5.41) is 3.69. The average molecular weight is 272 g/mol. The van der Waals surface area contributed by atoms with E-state index in [1.54, 1.807) is 0 Å². The summed E-state index contributed by atoms with van der Waals surface area (Å²) in [6.45, 7) is 9.33. The lowest BCUT2D eigenvalue weighted by Crippen LogP contribution is -2.40. The quantitative estimate of drug-likeness (QED) is 0.908. The topological polar surface area (TPSA) is 15.3 Å². The van der Waals surface area contributed by atoms with Crippen LogP contribution >= 0.6 is 0 Å². The van der Waals surface area contributed by atoms with Gasteiger partial charge in [-0.1, -0.05) is 29.3 Å². The third-order valence-corrected chi connectivity index (χ3v) is 4.99. The van der Waals surface area contributed by atoms with Gasteiger partial charge in [0.2, 0.25) is 0 Å². The van der Waals surface area contributed by atoms with Crippen LogP contribution in [0.2, 0.25) is 0 Å². The van der Waals surface area contributed by atoms with Crippen LogP contribution in [-0.4, -0.2) is 30.6 Å². The van der Waals surface area contributed by atoms with E-state index in [0.29, 0.717) is 0 Å². The number of hydrogen-bond donors (Lipinski definition) is 1. The molecule has 20 heavy (non-hydrogen) atoms. The van der Waals surface area contributed by atoms with Crippen LogP contribution in [0.25, 0.3) is 0 Å². The Morgan fingerprint density at radius 3 is 2.35 bits per heavy atom. The number of hydrogen-bond acceptors (Lipinski definition) is 2. The predicted molar refractivity (Wildman–Crippen MR) is 84.9 cm³/mol. The molecule has 110 valence electrons. The van der Waals surface area contributed by atoms with Crippen molar-refractivity contribution >= 4 is 0 Å². The standard InChI is InChI=1S/C18H28N2/c1-14-10-15(2)12-16(11-14)13-20-8-5-17(6-9-20)18-4-3-7-19-18/h10-12,17-19H,3-9,13H2,1-2H3. The number of benzene rings is 1. The van der Waals surface area contributed by atoms with E-state index in [1.165, 1.54) is 62.0 Å². The molecule has 2 aliphatic heterocycles. The highest BCUT2D eigenvalue weighted by Crippen LogP contribution is 2.26. The van der Waals surface area contributed by atoms with Gasteiger partial charge in [0.15, 0.2) is 0 Å². The van der Waals surface area contributed by atoms with Gasteiger partial charge in [-0.25, -0.2) is 0 Å². The van der Waals surface area contributed by atoms with Crippen LogP contribution in [0.15, 0.2) is 18.2 Å². The summed E-state index contributed by atoms with van der Waals surface area (Å²) in [4.78, 5) is 2.64. The van der Waals surface area contributed by atoms with Crippen molar-refractivity contribution in [3.05, 3.63) is 34.9 Å². The fourth-order valence-corrected chi connectivity index (χ4v) is 4.05. The van der Waals surface area contributed by atoms with E-state index in [9.17, 15) is 0 Å². The summed E-state index contributed by atoms with van der Waals surface area (Å²) < 4.78 is 0.